The third kappa shape index (κ3) is 16.1. The molecule has 1 aromatic rings. The molecule has 45 heavy (non-hydrogen) atoms. The monoisotopic (exact) mass is 630 g/mol. The predicted octanol–water partition coefficient (Wildman–Crippen LogP) is 5.36. The van der Waals surface area contributed by atoms with E-state index in [2.05, 4.69) is 21.3 Å². The number of ether oxygens (including phenoxy) is 2. The molecule has 10 heteroatoms. The Morgan fingerprint density at radius 3 is 2.04 bits per heavy atom. The Balaban J connectivity index is 2.06. The molecule has 1 aliphatic rings. The van der Waals surface area contributed by atoms with Crippen LogP contribution in [-0.4, -0.2) is 66.8 Å². The Hall–Kier alpha value is -3.14. The number of unbranched alkanes of at least 4 members (excludes halogenated alkanes) is 1. The van der Waals surface area contributed by atoms with Gasteiger partial charge < -0.3 is 30.7 Å². The van der Waals surface area contributed by atoms with E-state index in [0.29, 0.717) is 38.3 Å². The van der Waals surface area contributed by atoms with E-state index in [0.717, 1.165) is 12.0 Å². The van der Waals surface area contributed by atoms with Gasteiger partial charge in [0.1, 0.15) is 17.7 Å². The lowest BCUT2D eigenvalue weighted by atomic mass is 9.87. The highest BCUT2D eigenvalue weighted by molar-refractivity contribution is 5.93. The molecular weight excluding hydrogens is 572 g/mol. The fraction of sp³-hybridized carbons (Fsp3) is 0.714. The minimum absolute atomic E-state index is 0.0432. The Bertz CT molecular complexity index is 1060. The van der Waals surface area contributed by atoms with Crippen molar-refractivity contribution in [3.63, 3.8) is 0 Å². The molecule has 4 N–H and O–H groups in total. The van der Waals surface area contributed by atoms with Gasteiger partial charge in [-0.05, 0) is 85.6 Å². The van der Waals surface area contributed by atoms with Gasteiger partial charge in [0.25, 0.3) is 0 Å². The molecule has 4 amide bonds. The van der Waals surface area contributed by atoms with Gasteiger partial charge in [0, 0.05) is 13.1 Å². The minimum Gasteiger partial charge on any atom is -0.444 e. The quantitative estimate of drug-likeness (QED) is 0.182. The van der Waals surface area contributed by atoms with Crippen molar-refractivity contribution in [1.82, 2.24) is 21.3 Å². The molecule has 1 aliphatic carbocycles. The first-order valence-corrected chi connectivity index (χ1v) is 16.7. The van der Waals surface area contributed by atoms with E-state index in [-0.39, 0.29) is 18.4 Å². The summed E-state index contributed by atoms with van der Waals surface area (Å²) < 4.78 is 11.2. The molecule has 0 spiro atoms. The summed E-state index contributed by atoms with van der Waals surface area (Å²) >= 11 is 0. The lowest BCUT2D eigenvalue weighted by Crippen LogP contribution is -2.56. The molecular formula is C35H58N4O6. The number of amides is 4. The first kappa shape index (κ1) is 38.0. The maximum atomic E-state index is 13.6. The number of hydrogen-bond donors (Lipinski definition) is 4. The summed E-state index contributed by atoms with van der Waals surface area (Å²) in [6.45, 7) is 13.7. The van der Waals surface area contributed by atoms with Gasteiger partial charge in [-0.3, -0.25) is 14.4 Å². The molecule has 0 unspecified atom stereocenters. The van der Waals surface area contributed by atoms with E-state index in [1.54, 1.807) is 27.7 Å². The Morgan fingerprint density at radius 1 is 0.778 bits per heavy atom. The fourth-order valence-electron chi connectivity index (χ4n) is 5.22. The lowest BCUT2D eigenvalue weighted by molar-refractivity contribution is -0.135. The summed E-state index contributed by atoms with van der Waals surface area (Å²) in [4.78, 5) is 52.2. The van der Waals surface area contributed by atoms with E-state index in [4.69, 9.17) is 9.47 Å². The molecule has 1 fully saturated rings. The van der Waals surface area contributed by atoms with Crippen molar-refractivity contribution >= 4 is 23.8 Å². The van der Waals surface area contributed by atoms with Crippen LogP contribution in [0.4, 0.5) is 4.79 Å². The highest BCUT2D eigenvalue weighted by Gasteiger charge is 2.30. The van der Waals surface area contributed by atoms with Crippen molar-refractivity contribution in [3.8, 4) is 0 Å². The Labute approximate surface area is 270 Å². The molecule has 0 radical (unpaired) electrons. The number of alkyl carbamates (subject to hydrolysis) is 1. The number of benzene rings is 1. The van der Waals surface area contributed by atoms with Crippen LogP contribution in [0.2, 0.25) is 0 Å². The van der Waals surface area contributed by atoms with Gasteiger partial charge >= 0.3 is 6.09 Å². The normalized spacial score (nSPS) is 16.2. The van der Waals surface area contributed by atoms with Crippen LogP contribution in [0, 0.1) is 5.92 Å². The molecule has 2 rings (SSSR count). The largest absolute Gasteiger partial charge is 0.444 e. The molecule has 254 valence electrons. The second kappa shape index (κ2) is 18.7. The van der Waals surface area contributed by atoms with Gasteiger partial charge in [0.2, 0.25) is 17.7 Å². The van der Waals surface area contributed by atoms with Gasteiger partial charge in [0.15, 0.2) is 0 Å². The third-order valence-corrected chi connectivity index (χ3v) is 7.81. The van der Waals surface area contributed by atoms with Crippen molar-refractivity contribution < 1.29 is 28.7 Å². The molecule has 0 aliphatic heterocycles. The van der Waals surface area contributed by atoms with E-state index in [1.165, 1.54) is 32.1 Å². The summed E-state index contributed by atoms with van der Waals surface area (Å²) in [7, 11) is 0. The summed E-state index contributed by atoms with van der Waals surface area (Å²) in [5.41, 5.74) is -0.289. The van der Waals surface area contributed by atoms with Gasteiger partial charge in [-0.2, -0.15) is 0 Å². The lowest BCUT2D eigenvalue weighted by Gasteiger charge is -2.27. The average molecular weight is 631 g/mol. The second-order valence-electron chi connectivity index (χ2n) is 14.2. The predicted molar refractivity (Wildman–Crippen MR) is 177 cm³/mol. The maximum Gasteiger partial charge on any atom is 0.407 e. The van der Waals surface area contributed by atoms with Crippen LogP contribution < -0.4 is 21.3 Å². The molecule has 3 atom stereocenters. The van der Waals surface area contributed by atoms with E-state index >= 15 is 0 Å². The summed E-state index contributed by atoms with van der Waals surface area (Å²) in [6, 6.07) is 7.57. The Kier molecular flexibility index (Phi) is 15.8. The van der Waals surface area contributed by atoms with Crippen LogP contribution in [0.25, 0.3) is 0 Å². The van der Waals surface area contributed by atoms with E-state index < -0.39 is 41.2 Å². The zero-order valence-corrected chi connectivity index (χ0v) is 28.6. The van der Waals surface area contributed by atoms with Crippen LogP contribution >= 0.6 is 0 Å². The molecule has 0 bridgehead atoms. The van der Waals surface area contributed by atoms with Crippen LogP contribution in [0.1, 0.15) is 118 Å². The first-order valence-electron chi connectivity index (χ1n) is 16.7. The number of carbonyl (C=O) groups excluding carboxylic acids is 4. The highest BCUT2D eigenvalue weighted by atomic mass is 16.6. The van der Waals surface area contributed by atoms with Crippen LogP contribution in [0.3, 0.4) is 0 Å². The van der Waals surface area contributed by atoms with Gasteiger partial charge in [-0.15, -0.1) is 0 Å². The summed E-state index contributed by atoms with van der Waals surface area (Å²) in [5.74, 6) is -0.897. The molecule has 0 aromatic heterocycles. The zero-order valence-electron chi connectivity index (χ0n) is 28.6. The first-order chi connectivity index (χ1) is 21.1. The number of hydrogen-bond acceptors (Lipinski definition) is 6. The second-order valence-corrected chi connectivity index (χ2v) is 14.2. The zero-order chi connectivity index (χ0) is 33.5. The molecule has 0 heterocycles. The van der Waals surface area contributed by atoms with Crippen molar-refractivity contribution in [1.29, 1.82) is 0 Å². The van der Waals surface area contributed by atoms with Crippen LogP contribution in [-0.2, 0) is 23.9 Å². The van der Waals surface area contributed by atoms with E-state index in [9.17, 15) is 19.2 Å². The molecule has 1 saturated carbocycles. The van der Waals surface area contributed by atoms with Crippen molar-refractivity contribution in [2.75, 3.05) is 19.7 Å². The topological polar surface area (TPSA) is 135 Å². The van der Waals surface area contributed by atoms with E-state index in [1.807, 2.05) is 51.1 Å². The Morgan fingerprint density at radius 2 is 1.42 bits per heavy atom. The SMILES string of the molecule is C[C@@H](C(=O)N[C@@H](COC(C)(C)C)C(=O)N[C@@H](CCCCNC(=O)OC(C)(C)C)C(=O)NCCC1CCCCC1)c1ccccc1. The van der Waals surface area contributed by atoms with Crippen LogP contribution in [0.15, 0.2) is 30.3 Å². The van der Waals surface area contributed by atoms with Crippen molar-refractivity contribution in [2.45, 2.75) is 135 Å². The molecule has 10 nitrogen and oxygen atoms in total. The third-order valence-electron chi connectivity index (χ3n) is 7.81. The molecule has 1 aromatic carbocycles. The average Bonchev–Trinajstić information content (AvgIpc) is 2.97. The minimum atomic E-state index is -0.991. The maximum absolute atomic E-state index is 13.6. The van der Waals surface area contributed by atoms with Gasteiger partial charge in [-0.25, -0.2) is 4.79 Å². The fourth-order valence-corrected chi connectivity index (χ4v) is 5.22. The van der Waals surface area contributed by atoms with Crippen LogP contribution in [0.5, 0.6) is 0 Å². The standard InChI is InChI=1S/C35H58N4O6/c1-25(27-18-12-9-13-19-27)30(40)39-29(24-44-34(2,3)4)32(42)38-28(20-14-15-22-37-33(43)45-35(5,6)7)31(41)36-23-21-26-16-10-8-11-17-26/h9,12-13,18-19,25-26,28-29H,8,10-11,14-17,20-24H2,1-7H3,(H,36,41)(H,37,43)(H,38,42)(H,39,40)/t25-,28+,29+/m1/s1. The van der Waals surface area contributed by atoms with Gasteiger partial charge in [0.05, 0.1) is 18.1 Å². The number of rotatable bonds is 16. The van der Waals surface area contributed by atoms with Gasteiger partial charge in [-0.1, -0.05) is 62.4 Å². The smallest absolute Gasteiger partial charge is 0.407 e. The number of carbonyl (C=O) groups is 4. The summed E-state index contributed by atoms with van der Waals surface area (Å²) in [6.07, 6.45) is 8.12. The highest BCUT2D eigenvalue weighted by Crippen LogP contribution is 2.25. The van der Waals surface area contributed by atoms with Crippen molar-refractivity contribution in [2.24, 2.45) is 5.92 Å². The van der Waals surface area contributed by atoms with Crippen molar-refractivity contribution in [3.05, 3.63) is 35.9 Å². The molecule has 0 saturated heterocycles. The number of nitrogens with one attached hydrogen (secondary N) is 4. The summed E-state index contributed by atoms with van der Waals surface area (Å²) in [5, 5.41) is 11.5.